The van der Waals surface area contributed by atoms with E-state index in [1.807, 2.05) is 5.43 Å². The fraction of sp³-hybridized carbons (Fsp3) is 0.300. The van der Waals surface area contributed by atoms with E-state index in [0.717, 1.165) is 6.07 Å². The molecule has 2 rings (SSSR count). The van der Waals surface area contributed by atoms with Gasteiger partial charge in [-0.05, 0) is 29.8 Å². The zero-order chi connectivity index (χ0) is 15.1. The summed E-state index contributed by atoms with van der Waals surface area (Å²) in [6.45, 7) is 3.43. The molecule has 6 nitrogen and oxygen atoms in total. The maximum atomic E-state index is 12.8. The largest absolute Gasteiger partial charge is 0.433 e. The normalized spacial score (nSPS) is 11.8. The van der Waals surface area contributed by atoms with E-state index in [9.17, 15) is 13.2 Å². The van der Waals surface area contributed by atoms with Crippen LogP contribution in [0.15, 0.2) is 10.5 Å². The van der Waals surface area contributed by atoms with Crippen LogP contribution < -0.4 is 11.3 Å². The maximum absolute atomic E-state index is 12.8. The van der Waals surface area contributed by atoms with Crippen molar-refractivity contribution in [3.63, 3.8) is 0 Å². The van der Waals surface area contributed by atoms with Gasteiger partial charge < -0.3 is 0 Å². The highest BCUT2D eigenvalue weighted by Gasteiger charge is 2.34. The summed E-state index contributed by atoms with van der Waals surface area (Å²) in [5, 5.41) is 4.12. The molecule has 0 unspecified atom stereocenters. The average Bonchev–Trinajstić information content (AvgIpc) is 2.65. The third kappa shape index (κ3) is 2.61. The Bertz CT molecular complexity index is 651. The number of nitrogens with two attached hydrogens (primary N) is 1. The molecule has 0 radical (unpaired) electrons. The Balaban J connectivity index is 2.64. The van der Waals surface area contributed by atoms with Gasteiger partial charge in [-0.3, -0.25) is 5.43 Å². The van der Waals surface area contributed by atoms with Crippen LogP contribution in [0.3, 0.4) is 0 Å². The summed E-state index contributed by atoms with van der Waals surface area (Å²) < 4.78 is 40.4. The van der Waals surface area contributed by atoms with Gasteiger partial charge >= 0.3 is 6.18 Å². The van der Waals surface area contributed by atoms with E-state index < -0.39 is 11.9 Å². The van der Waals surface area contributed by atoms with Gasteiger partial charge in [0, 0.05) is 6.07 Å². The van der Waals surface area contributed by atoms with Crippen LogP contribution in [0.1, 0.15) is 17.1 Å². The number of hydrogen-bond donors (Lipinski definition) is 2. The number of hydrazine groups is 1. The summed E-state index contributed by atoms with van der Waals surface area (Å²) in [5.74, 6) is 4.74. The summed E-state index contributed by atoms with van der Waals surface area (Å²) in [6.07, 6.45) is -4.60. The van der Waals surface area contributed by atoms with Crippen molar-refractivity contribution in [1.29, 1.82) is 0 Å². The number of rotatable bonds is 2. The lowest BCUT2D eigenvalue weighted by atomic mass is 10.3. The van der Waals surface area contributed by atoms with E-state index in [2.05, 4.69) is 31.0 Å². The molecular weight excluding hydrogens is 341 g/mol. The summed E-state index contributed by atoms with van der Waals surface area (Å²) >= 11 is 3.30. The molecule has 0 bridgehead atoms. The smallest absolute Gasteiger partial charge is 0.292 e. The van der Waals surface area contributed by atoms with Gasteiger partial charge in [-0.2, -0.15) is 23.3 Å². The molecular formula is C10H10BrF3N6. The van der Waals surface area contributed by atoms with Crippen LogP contribution in [-0.4, -0.2) is 19.7 Å². The van der Waals surface area contributed by atoms with Crippen LogP contribution in [0.5, 0.6) is 0 Å². The van der Waals surface area contributed by atoms with Gasteiger partial charge in [0.05, 0.1) is 15.9 Å². The van der Waals surface area contributed by atoms with Gasteiger partial charge in [0.25, 0.3) is 0 Å². The van der Waals surface area contributed by atoms with Crippen LogP contribution in [0.2, 0.25) is 0 Å². The van der Waals surface area contributed by atoms with Crippen molar-refractivity contribution < 1.29 is 13.2 Å². The molecule has 20 heavy (non-hydrogen) atoms. The molecule has 3 N–H and O–H groups in total. The van der Waals surface area contributed by atoms with E-state index >= 15 is 0 Å². The summed E-state index contributed by atoms with van der Waals surface area (Å²) in [4.78, 5) is 7.17. The molecule has 0 aliphatic heterocycles. The minimum atomic E-state index is -4.60. The first-order chi connectivity index (χ1) is 9.24. The molecule has 0 amide bonds. The third-order valence-corrected chi connectivity index (χ3v) is 3.70. The van der Waals surface area contributed by atoms with Gasteiger partial charge in [0.15, 0.2) is 11.5 Å². The first-order valence-corrected chi connectivity index (χ1v) is 6.18. The SMILES string of the molecule is Cc1nn(-c2cc(C(F)(F)F)nc(NN)n2)c(C)c1Br. The minimum Gasteiger partial charge on any atom is -0.292 e. The average molecular weight is 351 g/mol. The van der Waals surface area contributed by atoms with Crippen LogP contribution >= 0.6 is 15.9 Å². The highest BCUT2D eigenvalue weighted by Crippen LogP contribution is 2.30. The Morgan fingerprint density at radius 2 is 1.95 bits per heavy atom. The highest BCUT2D eigenvalue weighted by atomic mass is 79.9. The highest BCUT2D eigenvalue weighted by molar-refractivity contribution is 9.10. The van der Waals surface area contributed by atoms with Crippen molar-refractivity contribution in [2.75, 3.05) is 5.43 Å². The molecule has 2 heterocycles. The number of alkyl halides is 3. The predicted molar refractivity (Wildman–Crippen MR) is 69.1 cm³/mol. The number of aromatic nitrogens is 4. The Labute approximate surface area is 120 Å². The van der Waals surface area contributed by atoms with Crippen LogP contribution in [0.4, 0.5) is 19.1 Å². The van der Waals surface area contributed by atoms with Gasteiger partial charge in [0.2, 0.25) is 5.95 Å². The molecule has 0 aliphatic rings. The van der Waals surface area contributed by atoms with E-state index in [-0.39, 0.29) is 11.8 Å². The Morgan fingerprint density at radius 1 is 1.30 bits per heavy atom. The number of anilines is 1. The standard InChI is InChI=1S/C10H10BrF3N6/c1-4-8(11)5(2)20(19-4)7-3-6(10(12,13)14)16-9(17-7)18-15/h3H,15H2,1-2H3,(H,16,17,18). The zero-order valence-electron chi connectivity index (χ0n) is 10.5. The number of nitrogens with zero attached hydrogens (tertiary/aromatic N) is 4. The van der Waals surface area contributed by atoms with Crippen molar-refractivity contribution in [2.24, 2.45) is 5.84 Å². The number of halogens is 4. The van der Waals surface area contributed by atoms with Crippen molar-refractivity contribution in [2.45, 2.75) is 20.0 Å². The molecule has 2 aromatic rings. The monoisotopic (exact) mass is 350 g/mol. The second-order valence-electron chi connectivity index (χ2n) is 3.97. The fourth-order valence-corrected chi connectivity index (χ4v) is 1.85. The third-order valence-electron chi connectivity index (χ3n) is 2.55. The molecule has 0 fully saturated rings. The van der Waals surface area contributed by atoms with E-state index in [4.69, 9.17) is 5.84 Å². The Kier molecular flexibility index (Phi) is 3.69. The van der Waals surface area contributed by atoms with Crippen LogP contribution in [-0.2, 0) is 6.18 Å². The molecule has 0 saturated carbocycles. The molecule has 0 spiro atoms. The lowest BCUT2D eigenvalue weighted by Gasteiger charge is -2.10. The fourth-order valence-electron chi connectivity index (χ4n) is 1.60. The molecule has 0 saturated heterocycles. The van der Waals surface area contributed by atoms with Gasteiger partial charge in [0.1, 0.15) is 0 Å². The van der Waals surface area contributed by atoms with Crippen molar-refractivity contribution >= 4 is 21.9 Å². The second-order valence-corrected chi connectivity index (χ2v) is 4.77. The minimum absolute atomic E-state index is 0.0217. The number of hydrogen-bond acceptors (Lipinski definition) is 5. The lowest BCUT2D eigenvalue weighted by Crippen LogP contribution is -2.17. The molecule has 10 heteroatoms. The van der Waals surface area contributed by atoms with Gasteiger partial charge in [-0.15, -0.1) is 0 Å². The Hall–Kier alpha value is -1.68. The van der Waals surface area contributed by atoms with E-state index in [0.29, 0.717) is 15.9 Å². The number of nitrogen functional groups attached to an aromatic ring is 1. The van der Waals surface area contributed by atoms with Crippen molar-refractivity contribution in [1.82, 2.24) is 19.7 Å². The quantitative estimate of drug-likeness (QED) is 0.641. The molecule has 2 aromatic heterocycles. The second kappa shape index (κ2) is 5.02. The maximum Gasteiger partial charge on any atom is 0.433 e. The Morgan fingerprint density at radius 3 is 2.40 bits per heavy atom. The van der Waals surface area contributed by atoms with Crippen LogP contribution in [0, 0.1) is 13.8 Å². The molecule has 0 aromatic carbocycles. The van der Waals surface area contributed by atoms with E-state index in [1.165, 1.54) is 4.68 Å². The summed E-state index contributed by atoms with van der Waals surface area (Å²) in [7, 11) is 0. The summed E-state index contributed by atoms with van der Waals surface area (Å²) in [5.41, 5.74) is 2.18. The zero-order valence-corrected chi connectivity index (χ0v) is 12.0. The first kappa shape index (κ1) is 14.7. The van der Waals surface area contributed by atoms with Gasteiger partial charge in [-0.25, -0.2) is 15.5 Å². The molecule has 0 atom stereocenters. The van der Waals surface area contributed by atoms with Crippen LogP contribution in [0.25, 0.3) is 5.82 Å². The molecule has 108 valence electrons. The topological polar surface area (TPSA) is 81.7 Å². The van der Waals surface area contributed by atoms with Crippen molar-refractivity contribution in [3.05, 3.63) is 27.6 Å². The first-order valence-electron chi connectivity index (χ1n) is 5.39. The number of aryl methyl sites for hydroxylation is 1. The molecule has 0 aliphatic carbocycles. The predicted octanol–water partition coefficient (Wildman–Crippen LogP) is 2.35. The summed E-state index contributed by atoms with van der Waals surface area (Å²) in [6, 6.07) is 0.812. The van der Waals surface area contributed by atoms with Gasteiger partial charge in [-0.1, -0.05) is 0 Å². The lowest BCUT2D eigenvalue weighted by molar-refractivity contribution is -0.141. The number of nitrogens with one attached hydrogen (secondary N) is 1. The van der Waals surface area contributed by atoms with E-state index in [1.54, 1.807) is 13.8 Å². The van der Waals surface area contributed by atoms with Crippen molar-refractivity contribution in [3.8, 4) is 5.82 Å².